The number of hydrogen-bond donors (Lipinski definition) is 1. The molecule has 3 fully saturated rings. The average molecular weight is 405 g/mol. The molecule has 3 aliphatic rings. The molecule has 2 atom stereocenters. The Morgan fingerprint density at radius 2 is 1.83 bits per heavy atom. The monoisotopic (exact) mass is 405 g/mol. The lowest BCUT2D eigenvalue weighted by Crippen LogP contribution is -2.63. The lowest BCUT2D eigenvalue weighted by atomic mass is 9.90. The van der Waals surface area contributed by atoms with Crippen LogP contribution in [0.1, 0.15) is 23.5 Å². The molecule has 3 heterocycles. The van der Waals surface area contributed by atoms with E-state index in [0.717, 1.165) is 19.5 Å². The van der Waals surface area contributed by atoms with Crippen molar-refractivity contribution in [2.75, 3.05) is 32.8 Å². The van der Waals surface area contributed by atoms with Gasteiger partial charge in [-0.1, -0.05) is 54.1 Å². The third kappa shape index (κ3) is 3.67. The number of nitrogens with one attached hydrogen (secondary N) is 1. The van der Waals surface area contributed by atoms with Crippen molar-refractivity contribution in [1.29, 1.82) is 0 Å². The van der Waals surface area contributed by atoms with Gasteiger partial charge in [0.15, 0.2) is 0 Å². The molecule has 1 N–H and O–H groups in total. The van der Waals surface area contributed by atoms with Gasteiger partial charge in [0.05, 0.1) is 12.1 Å². The number of carbonyl (C=O) groups excluding carboxylic acids is 2. The summed E-state index contributed by atoms with van der Waals surface area (Å²) in [5, 5.41) is 2.96. The maximum atomic E-state index is 12.9. The van der Waals surface area contributed by atoms with E-state index in [0.29, 0.717) is 19.0 Å². The van der Waals surface area contributed by atoms with Crippen LogP contribution in [0.3, 0.4) is 0 Å². The van der Waals surface area contributed by atoms with E-state index in [2.05, 4.69) is 60.8 Å². The fraction of sp³-hybridized carbons (Fsp3) is 0.417. The molecule has 0 radical (unpaired) electrons. The van der Waals surface area contributed by atoms with Crippen LogP contribution in [0.2, 0.25) is 0 Å². The van der Waals surface area contributed by atoms with Gasteiger partial charge in [-0.3, -0.25) is 4.79 Å². The first-order valence-corrected chi connectivity index (χ1v) is 10.7. The number of carbonyl (C=O) groups is 2. The van der Waals surface area contributed by atoms with E-state index in [1.165, 1.54) is 22.3 Å². The van der Waals surface area contributed by atoms with Crippen LogP contribution in [0.25, 0.3) is 11.1 Å². The molecule has 0 spiro atoms. The normalized spacial score (nSPS) is 24.1. The molecule has 6 nitrogen and oxygen atoms in total. The summed E-state index contributed by atoms with van der Waals surface area (Å²) in [4.78, 5) is 28.2. The minimum Gasteiger partial charge on any atom is -0.366 e. The topological polar surface area (TPSA) is 61.9 Å². The van der Waals surface area contributed by atoms with Crippen molar-refractivity contribution in [1.82, 2.24) is 15.1 Å². The van der Waals surface area contributed by atoms with Gasteiger partial charge in [0, 0.05) is 32.1 Å². The van der Waals surface area contributed by atoms with Gasteiger partial charge in [0.1, 0.15) is 6.61 Å². The predicted molar refractivity (Wildman–Crippen MR) is 114 cm³/mol. The van der Waals surface area contributed by atoms with Crippen molar-refractivity contribution < 1.29 is 14.3 Å². The molecule has 0 saturated carbocycles. The molecule has 3 aliphatic heterocycles. The molecule has 2 aromatic carbocycles. The lowest BCUT2D eigenvalue weighted by Gasteiger charge is -2.46. The van der Waals surface area contributed by atoms with Crippen LogP contribution in [0.15, 0.2) is 48.5 Å². The molecule has 3 saturated heterocycles. The van der Waals surface area contributed by atoms with Crippen molar-refractivity contribution in [3.8, 4) is 11.1 Å². The highest BCUT2D eigenvalue weighted by Gasteiger charge is 2.40. The molecule has 5 rings (SSSR count). The first-order chi connectivity index (χ1) is 14.6. The molecule has 6 heteroatoms. The molecule has 0 unspecified atom stereocenters. The zero-order valence-corrected chi connectivity index (χ0v) is 17.2. The molecule has 2 aromatic rings. The van der Waals surface area contributed by atoms with Gasteiger partial charge >= 0.3 is 6.03 Å². The lowest BCUT2D eigenvalue weighted by molar-refractivity contribution is -0.139. The fourth-order valence-electron chi connectivity index (χ4n) is 4.69. The summed E-state index contributed by atoms with van der Waals surface area (Å²) in [6.07, 6.45) is 0.803. The smallest absolute Gasteiger partial charge is 0.320 e. The number of aryl methyl sites for hydroxylation is 1. The van der Waals surface area contributed by atoms with Gasteiger partial charge in [-0.2, -0.15) is 0 Å². The Morgan fingerprint density at radius 3 is 2.60 bits per heavy atom. The van der Waals surface area contributed by atoms with Crippen LogP contribution in [0.4, 0.5) is 4.79 Å². The van der Waals surface area contributed by atoms with Crippen LogP contribution in [0.5, 0.6) is 0 Å². The largest absolute Gasteiger partial charge is 0.366 e. The summed E-state index contributed by atoms with van der Waals surface area (Å²) in [5.41, 5.74) is 4.98. The summed E-state index contributed by atoms with van der Waals surface area (Å²) in [6.45, 7) is 4.94. The number of rotatable bonds is 2. The number of nitrogens with zero attached hydrogens (tertiary/aromatic N) is 2. The zero-order valence-electron chi connectivity index (χ0n) is 17.2. The van der Waals surface area contributed by atoms with Gasteiger partial charge in [-0.15, -0.1) is 0 Å². The minimum absolute atomic E-state index is 0.0304. The van der Waals surface area contributed by atoms with E-state index >= 15 is 0 Å². The Morgan fingerprint density at radius 1 is 1.03 bits per heavy atom. The van der Waals surface area contributed by atoms with E-state index in [1.54, 1.807) is 0 Å². The Bertz CT molecular complexity index is 952. The quantitative estimate of drug-likeness (QED) is 0.836. The second-order valence-corrected chi connectivity index (χ2v) is 8.63. The molecule has 0 aromatic heterocycles. The number of piperidine rings is 1. The van der Waals surface area contributed by atoms with Crippen molar-refractivity contribution in [2.45, 2.75) is 31.4 Å². The van der Waals surface area contributed by atoms with Crippen molar-refractivity contribution in [3.05, 3.63) is 59.7 Å². The Labute approximate surface area is 176 Å². The van der Waals surface area contributed by atoms with E-state index in [9.17, 15) is 9.59 Å². The van der Waals surface area contributed by atoms with E-state index in [4.69, 9.17) is 4.74 Å². The SMILES string of the molecule is Cc1cccc(-c2ccc(C3CN(C(=O)N4CC[C@@H]5OCC(=O)N[C@@H]5C4)C3)cc2)c1. The molecule has 3 amide bonds. The number of likely N-dealkylation sites (tertiary alicyclic amines) is 2. The summed E-state index contributed by atoms with van der Waals surface area (Å²) in [5.74, 6) is 0.291. The standard InChI is InChI=1S/C24H27N3O3/c1-16-3-2-4-19(11-16)17-5-7-18(8-6-17)20-12-27(13-20)24(29)26-10-9-22-21(14-26)25-23(28)15-30-22/h2-8,11,20-22H,9-10,12-15H2,1H3,(H,25,28)/t21-,22+/m1/s1. The van der Waals surface area contributed by atoms with E-state index in [1.807, 2.05) is 9.80 Å². The highest BCUT2D eigenvalue weighted by molar-refractivity contribution is 5.79. The molecular formula is C24H27N3O3. The van der Waals surface area contributed by atoms with Crippen LogP contribution >= 0.6 is 0 Å². The van der Waals surface area contributed by atoms with Crippen molar-refractivity contribution in [2.24, 2.45) is 0 Å². The van der Waals surface area contributed by atoms with Crippen LogP contribution in [0, 0.1) is 6.92 Å². The van der Waals surface area contributed by atoms with E-state index < -0.39 is 0 Å². The minimum atomic E-state index is -0.0938. The van der Waals surface area contributed by atoms with Crippen LogP contribution in [-0.4, -0.2) is 66.7 Å². The number of benzene rings is 2. The van der Waals surface area contributed by atoms with Crippen LogP contribution in [-0.2, 0) is 9.53 Å². The maximum Gasteiger partial charge on any atom is 0.320 e. The highest BCUT2D eigenvalue weighted by Crippen LogP contribution is 2.31. The molecule has 156 valence electrons. The second kappa shape index (κ2) is 7.76. The number of urea groups is 1. The zero-order chi connectivity index (χ0) is 20.7. The summed E-state index contributed by atoms with van der Waals surface area (Å²) < 4.78 is 5.58. The van der Waals surface area contributed by atoms with Gasteiger partial charge in [-0.05, 0) is 30.0 Å². The second-order valence-electron chi connectivity index (χ2n) is 8.63. The Hall–Kier alpha value is -2.86. The molecule has 0 aliphatic carbocycles. The maximum absolute atomic E-state index is 12.9. The molecule has 30 heavy (non-hydrogen) atoms. The van der Waals surface area contributed by atoms with E-state index in [-0.39, 0.29) is 30.7 Å². The third-order valence-electron chi connectivity index (χ3n) is 6.48. The summed E-state index contributed by atoms with van der Waals surface area (Å²) >= 11 is 0. The van der Waals surface area contributed by atoms with Gasteiger partial charge < -0.3 is 19.9 Å². The number of morpholine rings is 1. The third-order valence-corrected chi connectivity index (χ3v) is 6.48. The highest BCUT2D eigenvalue weighted by atomic mass is 16.5. The molecular weight excluding hydrogens is 378 g/mol. The van der Waals surface area contributed by atoms with Gasteiger partial charge in [0.25, 0.3) is 0 Å². The fourth-order valence-corrected chi connectivity index (χ4v) is 4.69. The predicted octanol–water partition coefficient (Wildman–Crippen LogP) is 2.77. The summed E-state index contributed by atoms with van der Waals surface area (Å²) in [6, 6.07) is 17.2. The Balaban J connectivity index is 1.17. The number of hydrogen-bond acceptors (Lipinski definition) is 3. The van der Waals surface area contributed by atoms with Gasteiger partial charge in [0.2, 0.25) is 5.91 Å². The van der Waals surface area contributed by atoms with Crippen LogP contribution < -0.4 is 5.32 Å². The van der Waals surface area contributed by atoms with Gasteiger partial charge in [-0.25, -0.2) is 4.79 Å². The van der Waals surface area contributed by atoms with Crippen molar-refractivity contribution >= 4 is 11.9 Å². The number of amides is 3. The molecule has 0 bridgehead atoms. The summed E-state index contributed by atoms with van der Waals surface area (Å²) in [7, 11) is 0. The Kier molecular flexibility index (Phi) is 4.95. The van der Waals surface area contributed by atoms with Crippen molar-refractivity contribution in [3.63, 3.8) is 0 Å². The first kappa shape index (κ1) is 19.1. The average Bonchev–Trinajstić information content (AvgIpc) is 2.72. The number of fused-ring (bicyclic) bond motifs is 1. The number of ether oxygens (including phenoxy) is 1. The first-order valence-electron chi connectivity index (χ1n) is 10.7.